The second-order valence-electron chi connectivity index (χ2n) is 7.32. The van der Waals surface area contributed by atoms with Crippen molar-refractivity contribution in [1.82, 2.24) is 9.88 Å². The zero-order valence-electron chi connectivity index (χ0n) is 15.4. The lowest BCUT2D eigenvalue weighted by atomic mass is 9.90. The van der Waals surface area contributed by atoms with Gasteiger partial charge in [-0.3, -0.25) is 0 Å². The van der Waals surface area contributed by atoms with Crippen LogP contribution >= 0.6 is 0 Å². The number of rotatable bonds is 0. The molecule has 0 bridgehead atoms. The number of nitrogens with zero attached hydrogens (tertiary/aromatic N) is 1. The highest BCUT2D eigenvalue weighted by atomic mass is 15.0. The van der Waals surface area contributed by atoms with Crippen LogP contribution in [0.15, 0.2) is 0 Å². The summed E-state index contributed by atoms with van der Waals surface area (Å²) in [5, 5.41) is 6.49. The Morgan fingerprint density at radius 1 is 0.609 bits per heavy atom. The first-order valence-electron chi connectivity index (χ1n) is 8.56. The minimum atomic E-state index is 1.01. The summed E-state index contributed by atoms with van der Waals surface area (Å²) in [6.07, 6.45) is 0. The first kappa shape index (κ1) is 14.8. The average molecular weight is 306 g/mol. The summed E-state index contributed by atoms with van der Waals surface area (Å²) in [6.45, 7) is 15.7. The Labute approximate surface area is 138 Å². The standard InChI is InChI=1S/C21H26N2/c1-10-11(2)13(4)20-18(12(10)3)19-14(5)16-8-22-9-17(16)15(6)21(19)23(20)7/h22H,8-9H2,1-7H3. The van der Waals surface area contributed by atoms with Gasteiger partial charge in [-0.25, -0.2) is 0 Å². The fraction of sp³-hybridized carbons (Fsp3) is 0.429. The molecular formula is C21H26N2. The van der Waals surface area contributed by atoms with Crippen molar-refractivity contribution in [3.63, 3.8) is 0 Å². The van der Waals surface area contributed by atoms with E-state index in [0.717, 1.165) is 13.1 Å². The van der Waals surface area contributed by atoms with E-state index in [4.69, 9.17) is 0 Å². The number of fused-ring (bicyclic) bond motifs is 4. The topological polar surface area (TPSA) is 17.0 Å². The Bertz CT molecular complexity index is 1000. The average Bonchev–Trinajstić information content (AvgIpc) is 3.12. The Morgan fingerprint density at radius 2 is 1.09 bits per heavy atom. The molecule has 1 aromatic heterocycles. The van der Waals surface area contributed by atoms with Crippen LogP contribution in [-0.4, -0.2) is 4.57 Å². The molecule has 0 amide bonds. The third kappa shape index (κ3) is 1.62. The van der Waals surface area contributed by atoms with Gasteiger partial charge >= 0.3 is 0 Å². The van der Waals surface area contributed by atoms with Crippen LogP contribution in [-0.2, 0) is 20.1 Å². The molecule has 23 heavy (non-hydrogen) atoms. The largest absolute Gasteiger partial charge is 0.343 e. The molecule has 0 saturated carbocycles. The lowest BCUT2D eigenvalue weighted by Crippen LogP contribution is -2.01. The molecule has 1 aliphatic heterocycles. The van der Waals surface area contributed by atoms with Crippen LogP contribution in [0.2, 0.25) is 0 Å². The smallest absolute Gasteiger partial charge is 0.0524 e. The number of hydrogen-bond acceptors (Lipinski definition) is 1. The first-order chi connectivity index (χ1) is 10.9. The molecule has 0 atom stereocenters. The van der Waals surface area contributed by atoms with E-state index in [2.05, 4.69) is 58.5 Å². The van der Waals surface area contributed by atoms with Crippen LogP contribution in [0.1, 0.15) is 44.5 Å². The minimum absolute atomic E-state index is 1.01. The summed E-state index contributed by atoms with van der Waals surface area (Å²) in [5.74, 6) is 0. The van der Waals surface area contributed by atoms with E-state index >= 15 is 0 Å². The van der Waals surface area contributed by atoms with Gasteiger partial charge in [0, 0.05) is 30.9 Å². The maximum Gasteiger partial charge on any atom is 0.0524 e. The number of aromatic nitrogens is 1. The van der Waals surface area contributed by atoms with Crippen molar-refractivity contribution in [3.05, 3.63) is 44.5 Å². The van der Waals surface area contributed by atoms with Crippen molar-refractivity contribution in [1.29, 1.82) is 0 Å². The number of benzene rings is 2. The van der Waals surface area contributed by atoms with Crippen LogP contribution in [0.5, 0.6) is 0 Å². The lowest BCUT2D eigenvalue weighted by Gasteiger charge is -2.13. The van der Waals surface area contributed by atoms with Gasteiger partial charge in [-0.2, -0.15) is 0 Å². The lowest BCUT2D eigenvalue weighted by molar-refractivity contribution is 0.762. The maximum atomic E-state index is 3.54. The van der Waals surface area contributed by atoms with E-state index in [1.807, 2.05) is 0 Å². The van der Waals surface area contributed by atoms with Crippen molar-refractivity contribution in [2.45, 2.75) is 54.6 Å². The monoisotopic (exact) mass is 306 g/mol. The van der Waals surface area contributed by atoms with Gasteiger partial charge in [0.1, 0.15) is 0 Å². The second-order valence-corrected chi connectivity index (χ2v) is 7.32. The summed E-state index contributed by atoms with van der Waals surface area (Å²) in [4.78, 5) is 0. The van der Waals surface area contributed by atoms with Gasteiger partial charge in [0.05, 0.1) is 11.0 Å². The van der Waals surface area contributed by atoms with Gasteiger partial charge in [0.15, 0.2) is 0 Å². The van der Waals surface area contributed by atoms with Gasteiger partial charge in [-0.05, 0) is 86.1 Å². The SMILES string of the molecule is Cc1c(C)c(C)c2c(c1C)c1c(C)c3c(c(C)c1n2C)CNC3. The van der Waals surface area contributed by atoms with Crippen LogP contribution in [0, 0.1) is 41.5 Å². The second kappa shape index (κ2) is 4.61. The molecule has 1 aliphatic rings. The van der Waals surface area contributed by atoms with Gasteiger partial charge < -0.3 is 9.88 Å². The molecule has 120 valence electrons. The predicted molar refractivity (Wildman–Crippen MR) is 99.4 cm³/mol. The fourth-order valence-electron chi connectivity index (χ4n) is 4.76. The molecule has 0 saturated heterocycles. The molecule has 3 aromatic rings. The van der Waals surface area contributed by atoms with E-state index in [0.29, 0.717) is 0 Å². The highest BCUT2D eigenvalue weighted by Gasteiger charge is 2.25. The van der Waals surface area contributed by atoms with E-state index in [1.165, 1.54) is 66.3 Å². The Hall–Kier alpha value is -1.80. The highest BCUT2D eigenvalue weighted by molar-refractivity contribution is 6.14. The summed E-state index contributed by atoms with van der Waals surface area (Å²) >= 11 is 0. The van der Waals surface area contributed by atoms with Gasteiger partial charge in [-0.15, -0.1) is 0 Å². The fourth-order valence-corrected chi connectivity index (χ4v) is 4.76. The van der Waals surface area contributed by atoms with Crippen molar-refractivity contribution < 1.29 is 0 Å². The normalized spacial score (nSPS) is 14.2. The van der Waals surface area contributed by atoms with Crippen molar-refractivity contribution in [2.75, 3.05) is 0 Å². The Kier molecular flexibility index (Phi) is 2.96. The highest BCUT2D eigenvalue weighted by Crippen LogP contribution is 2.42. The van der Waals surface area contributed by atoms with Gasteiger partial charge in [-0.1, -0.05) is 0 Å². The molecule has 0 fully saturated rings. The van der Waals surface area contributed by atoms with Crippen molar-refractivity contribution >= 4 is 21.8 Å². The minimum Gasteiger partial charge on any atom is -0.343 e. The Morgan fingerprint density at radius 3 is 1.74 bits per heavy atom. The molecule has 0 radical (unpaired) electrons. The Balaban J connectivity index is 2.39. The third-order valence-electron chi connectivity index (χ3n) is 6.42. The van der Waals surface area contributed by atoms with Crippen LogP contribution in [0.3, 0.4) is 0 Å². The summed E-state index contributed by atoms with van der Waals surface area (Å²) in [7, 11) is 2.24. The number of aryl methyl sites for hydroxylation is 5. The molecule has 2 aromatic carbocycles. The molecule has 0 spiro atoms. The molecule has 2 heterocycles. The van der Waals surface area contributed by atoms with Crippen LogP contribution < -0.4 is 5.32 Å². The van der Waals surface area contributed by atoms with Crippen molar-refractivity contribution in [3.8, 4) is 0 Å². The van der Waals surface area contributed by atoms with E-state index in [1.54, 1.807) is 0 Å². The number of nitrogens with one attached hydrogen (secondary N) is 1. The molecule has 0 aliphatic carbocycles. The predicted octanol–water partition coefficient (Wildman–Crippen LogP) is 4.79. The number of hydrogen-bond donors (Lipinski definition) is 1. The van der Waals surface area contributed by atoms with Crippen molar-refractivity contribution in [2.24, 2.45) is 7.05 Å². The molecule has 4 rings (SSSR count). The third-order valence-corrected chi connectivity index (χ3v) is 6.42. The quantitative estimate of drug-likeness (QED) is 0.632. The zero-order chi connectivity index (χ0) is 16.6. The zero-order valence-corrected chi connectivity index (χ0v) is 15.4. The summed E-state index contributed by atoms with van der Waals surface area (Å²) in [5.41, 5.74) is 14.6. The first-order valence-corrected chi connectivity index (χ1v) is 8.56. The summed E-state index contributed by atoms with van der Waals surface area (Å²) < 4.78 is 2.44. The van der Waals surface area contributed by atoms with Gasteiger partial charge in [0.25, 0.3) is 0 Å². The van der Waals surface area contributed by atoms with Gasteiger partial charge in [0.2, 0.25) is 0 Å². The van der Waals surface area contributed by atoms with Crippen LogP contribution in [0.25, 0.3) is 21.8 Å². The molecule has 0 unspecified atom stereocenters. The molecular weight excluding hydrogens is 280 g/mol. The molecule has 2 heteroatoms. The summed E-state index contributed by atoms with van der Waals surface area (Å²) in [6, 6.07) is 0. The maximum absolute atomic E-state index is 3.54. The van der Waals surface area contributed by atoms with Crippen LogP contribution in [0.4, 0.5) is 0 Å². The van der Waals surface area contributed by atoms with E-state index in [9.17, 15) is 0 Å². The van der Waals surface area contributed by atoms with E-state index in [-0.39, 0.29) is 0 Å². The molecule has 1 N–H and O–H groups in total. The van der Waals surface area contributed by atoms with E-state index < -0.39 is 0 Å². The molecule has 2 nitrogen and oxygen atoms in total.